The smallest absolute Gasteiger partial charge is 0.304 e. The van der Waals surface area contributed by atoms with Crippen molar-refractivity contribution in [3.8, 4) is 0 Å². The number of carbonyl (C=O) groups is 1. The lowest BCUT2D eigenvalue weighted by Crippen LogP contribution is -2.52. The van der Waals surface area contributed by atoms with Gasteiger partial charge in [-0.2, -0.15) is 0 Å². The number of hydrogen-bond acceptors (Lipinski definition) is 2. The second-order valence-electron chi connectivity index (χ2n) is 3.58. The van der Waals surface area contributed by atoms with Gasteiger partial charge in [0.1, 0.15) is 0 Å². The van der Waals surface area contributed by atoms with Gasteiger partial charge in [0.25, 0.3) is 5.92 Å². The zero-order valence-corrected chi connectivity index (χ0v) is 7.46. The molecule has 1 atom stereocenters. The summed E-state index contributed by atoms with van der Waals surface area (Å²) in [6, 6.07) is -0.191. The minimum atomic E-state index is -2.73. The van der Waals surface area contributed by atoms with E-state index in [4.69, 9.17) is 5.11 Å². The number of halogens is 2. The molecule has 5 heteroatoms. The van der Waals surface area contributed by atoms with E-state index in [1.165, 1.54) is 4.90 Å². The van der Waals surface area contributed by atoms with Crippen LogP contribution in [0, 0.1) is 0 Å². The molecule has 1 aliphatic rings. The number of likely N-dealkylation sites (tertiary alicyclic amines) is 1. The quantitative estimate of drug-likeness (QED) is 0.729. The maximum Gasteiger partial charge on any atom is 0.304 e. The van der Waals surface area contributed by atoms with Crippen molar-refractivity contribution in [3.63, 3.8) is 0 Å². The largest absolute Gasteiger partial charge is 0.481 e. The van der Waals surface area contributed by atoms with Crippen LogP contribution in [0.15, 0.2) is 0 Å². The number of carboxylic acid groups (broad SMARTS) is 1. The molecule has 1 rings (SSSR count). The Labute approximate surface area is 75.3 Å². The van der Waals surface area contributed by atoms with Crippen LogP contribution in [0.25, 0.3) is 0 Å². The molecular formula is C8H13F2NO2. The van der Waals surface area contributed by atoms with Crippen molar-refractivity contribution in [1.29, 1.82) is 0 Å². The van der Waals surface area contributed by atoms with Crippen LogP contribution in [0.5, 0.6) is 0 Å². The normalized spacial score (nSPS) is 24.1. The van der Waals surface area contributed by atoms with Gasteiger partial charge in [0.2, 0.25) is 0 Å². The van der Waals surface area contributed by atoms with Gasteiger partial charge in [0.05, 0.1) is 13.0 Å². The Bertz CT molecular complexity index is 203. The number of aliphatic carboxylic acids is 1. The summed E-state index contributed by atoms with van der Waals surface area (Å²) in [5, 5.41) is 8.45. The average Bonchev–Trinajstić information content (AvgIpc) is 1.92. The first kappa shape index (κ1) is 10.4. The molecule has 0 amide bonds. The van der Waals surface area contributed by atoms with Gasteiger partial charge in [-0.15, -0.1) is 0 Å². The van der Waals surface area contributed by atoms with E-state index in [9.17, 15) is 13.6 Å². The summed E-state index contributed by atoms with van der Waals surface area (Å²) in [4.78, 5) is 11.8. The van der Waals surface area contributed by atoms with Gasteiger partial charge in [-0.25, -0.2) is 8.78 Å². The lowest BCUT2D eigenvalue weighted by Gasteiger charge is -2.41. The summed E-state index contributed by atoms with van der Waals surface area (Å²) >= 11 is 0. The molecule has 1 N–H and O–H groups in total. The zero-order valence-electron chi connectivity index (χ0n) is 7.46. The SMILES string of the molecule is CC(F)(F)CN1CCC1CC(=O)O. The molecule has 0 radical (unpaired) electrons. The predicted octanol–water partition coefficient (Wildman–Crippen LogP) is 1.19. The summed E-state index contributed by atoms with van der Waals surface area (Å²) in [7, 11) is 0. The molecule has 0 saturated carbocycles. The lowest BCUT2D eigenvalue weighted by molar-refractivity contribution is -0.141. The first-order valence-corrected chi connectivity index (χ1v) is 4.22. The minimum absolute atomic E-state index is 0.0317. The Morgan fingerprint density at radius 1 is 1.69 bits per heavy atom. The molecule has 0 spiro atoms. The molecule has 0 aromatic rings. The maximum atomic E-state index is 12.5. The molecule has 3 nitrogen and oxygen atoms in total. The highest BCUT2D eigenvalue weighted by atomic mass is 19.3. The minimum Gasteiger partial charge on any atom is -0.481 e. The molecule has 1 aliphatic heterocycles. The van der Waals surface area contributed by atoms with E-state index < -0.39 is 11.9 Å². The Kier molecular flexibility index (Phi) is 2.85. The van der Waals surface area contributed by atoms with Crippen molar-refractivity contribution in [2.24, 2.45) is 0 Å². The average molecular weight is 193 g/mol. The Hall–Kier alpha value is -0.710. The van der Waals surface area contributed by atoms with E-state index >= 15 is 0 Å². The molecule has 1 fully saturated rings. The van der Waals surface area contributed by atoms with Crippen molar-refractivity contribution in [1.82, 2.24) is 4.90 Å². The third kappa shape index (κ3) is 3.26. The van der Waals surface area contributed by atoms with Gasteiger partial charge in [0.15, 0.2) is 0 Å². The predicted molar refractivity (Wildman–Crippen MR) is 42.9 cm³/mol. The van der Waals surface area contributed by atoms with Crippen LogP contribution in [0.1, 0.15) is 19.8 Å². The van der Waals surface area contributed by atoms with Gasteiger partial charge in [-0.05, 0) is 6.42 Å². The molecule has 0 aromatic carbocycles. The number of rotatable bonds is 4. The zero-order chi connectivity index (χ0) is 10.1. The van der Waals surface area contributed by atoms with Gasteiger partial charge in [0, 0.05) is 19.5 Å². The molecule has 0 bridgehead atoms. The van der Waals surface area contributed by atoms with Crippen LogP contribution in [0.3, 0.4) is 0 Å². The fraction of sp³-hybridized carbons (Fsp3) is 0.875. The van der Waals surface area contributed by atoms with Crippen molar-refractivity contribution < 1.29 is 18.7 Å². The highest BCUT2D eigenvalue weighted by Gasteiger charge is 2.35. The second kappa shape index (κ2) is 3.57. The van der Waals surface area contributed by atoms with E-state index in [0.29, 0.717) is 13.0 Å². The first-order valence-electron chi connectivity index (χ1n) is 4.22. The van der Waals surface area contributed by atoms with E-state index in [1.807, 2.05) is 0 Å². The molecular weight excluding hydrogens is 180 g/mol. The van der Waals surface area contributed by atoms with Crippen LogP contribution in [0.4, 0.5) is 8.78 Å². The highest BCUT2D eigenvalue weighted by Crippen LogP contribution is 2.25. The molecule has 1 saturated heterocycles. The van der Waals surface area contributed by atoms with Gasteiger partial charge in [-0.3, -0.25) is 9.69 Å². The van der Waals surface area contributed by atoms with Gasteiger partial charge in [-0.1, -0.05) is 0 Å². The van der Waals surface area contributed by atoms with Crippen molar-refractivity contribution in [2.45, 2.75) is 31.7 Å². The summed E-state index contributed by atoms with van der Waals surface area (Å²) < 4.78 is 25.0. The maximum absolute atomic E-state index is 12.5. The highest BCUT2D eigenvalue weighted by molar-refractivity contribution is 5.67. The first-order chi connectivity index (χ1) is 5.88. The summed E-state index contributed by atoms with van der Waals surface area (Å²) in [6.07, 6.45) is 0.679. The van der Waals surface area contributed by atoms with E-state index in [0.717, 1.165) is 6.92 Å². The summed E-state index contributed by atoms with van der Waals surface area (Å²) in [5.41, 5.74) is 0. The Morgan fingerprint density at radius 2 is 2.31 bits per heavy atom. The van der Waals surface area contributed by atoms with Crippen LogP contribution in [-0.2, 0) is 4.79 Å². The fourth-order valence-corrected chi connectivity index (χ4v) is 1.49. The number of hydrogen-bond donors (Lipinski definition) is 1. The molecule has 1 unspecified atom stereocenters. The van der Waals surface area contributed by atoms with E-state index in [2.05, 4.69) is 0 Å². The van der Waals surface area contributed by atoms with Crippen molar-refractivity contribution >= 4 is 5.97 Å². The van der Waals surface area contributed by atoms with E-state index in [-0.39, 0.29) is 19.0 Å². The number of alkyl halides is 2. The van der Waals surface area contributed by atoms with Crippen LogP contribution < -0.4 is 0 Å². The molecule has 13 heavy (non-hydrogen) atoms. The molecule has 1 heterocycles. The van der Waals surface area contributed by atoms with Crippen LogP contribution in [-0.4, -0.2) is 41.0 Å². The van der Waals surface area contributed by atoms with Crippen molar-refractivity contribution in [3.05, 3.63) is 0 Å². The third-order valence-corrected chi connectivity index (χ3v) is 2.16. The molecule has 0 aliphatic carbocycles. The van der Waals surface area contributed by atoms with E-state index in [1.54, 1.807) is 0 Å². The van der Waals surface area contributed by atoms with Gasteiger partial charge >= 0.3 is 5.97 Å². The third-order valence-electron chi connectivity index (χ3n) is 2.16. The van der Waals surface area contributed by atoms with Crippen LogP contribution >= 0.6 is 0 Å². The number of nitrogens with zero attached hydrogens (tertiary/aromatic N) is 1. The lowest BCUT2D eigenvalue weighted by atomic mass is 9.99. The number of carboxylic acids is 1. The summed E-state index contributed by atoms with van der Waals surface area (Å²) in [6.45, 7) is 1.11. The topological polar surface area (TPSA) is 40.5 Å². The molecule has 0 aromatic heterocycles. The van der Waals surface area contributed by atoms with Crippen molar-refractivity contribution in [2.75, 3.05) is 13.1 Å². The van der Waals surface area contributed by atoms with Crippen LogP contribution in [0.2, 0.25) is 0 Å². The molecule has 76 valence electrons. The fourth-order valence-electron chi connectivity index (χ4n) is 1.49. The van der Waals surface area contributed by atoms with Gasteiger partial charge < -0.3 is 5.11 Å². The summed E-state index contributed by atoms with van der Waals surface area (Å²) in [5.74, 6) is -3.65. The monoisotopic (exact) mass is 193 g/mol. The second-order valence-corrected chi connectivity index (χ2v) is 3.58. The Balaban J connectivity index is 2.33. The Morgan fingerprint density at radius 3 is 2.62 bits per heavy atom. The standard InChI is InChI=1S/C8H13F2NO2/c1-8(9,10)5-11-3-2-6(11)4-7(12)13/h6H,2-5H2,1H3,(H,12,13).